The molecule has 0 spiro atoms. The van der Waals surface area contributed by atoms with E-state index in [0.717, 1.165) is 6.42 Å². The summed E-state index contributed by atoms with van der Waals surface area (Å²) in [7, 11) is 0. The third-order valence-electron chi connectivity index (χ3n) is 2.40. The molecule has 2 atom stereocenters. The van der Waals surface area contributed by atoms with Gasteiger partial charge < -0.3 is 14.2 Å². The summed E-state index contributed by atoms with van der Waals surface area (Å²) in [5, 5.41) is 0. The molecular weight excluding hydrogens is 180 g/mol. The fraction of sp³-hybridized carbons (Fsp3) is 1.00. The first-order chi connectivity index (χ1) is 6.86. The molecule has 0 amide bonds. The van der Waals surface area contributed by atoms with E-state index in [-0.39, 0.29) is 6.10 Å². The number of ether oxygens (including phenoxy) is 3. The molecule has 0 aromatic rings. The molecule has 1 rings (SSSR count). The Balaban J connectivity index is 1.98. The van der Waals surface area contributed by atoms with Crippen molar-refractivity contribution in [3.05, 3.63) is 0 Å². The van der Waals surface area contributed by atoms with Gasteiger partial charge in [0.1, 0.15) is 0 Å². The van der Waals surface area contributed by atoms with Crippen LogP contribution in [0.3, 0.4) is 0 Å². The van der Waals surface area contributed by atoms with Crippen LogP contribution in [-0.4, -0.2) is 25.8 Å². The van der Waals surface area contributed by atoms with Crippen LogP contribution in [0.25, 0.3) is 0 Å². The van der Waals surface area contributed by atoms with Crippen LogP contribution < -0.4 is 0 Å². The van der Waals surface area contributed by atoms with Gasteiger partial charge in [-0.1, -0.05) is 32.6 Å². The fourth-order valence-electron chi connectivity index (χ4n) is 1.60. The molecule has 0 aliphatic carbocycles. The summed E-state index contributed by atoms with van der Waals surface area (Å²) in [4.78, 5) is 0. The van der Waals surface area contributed by atoms with Crippen molar-refractivity contribution >= 4 is 0 Å². The predicted octanol–water partition coefficient (Wildman–Crippen LogP) is 2.69. The van der Waals surface area contributed by atoms with Crippen LogP contribution in [0, 0.1) is 0 Å². The van der Waals surface area contributed by atoms with Gasteiger partial charge >= 0.3 is 0 Å². The molecule has 2 unspecified atom stereocenters. The Hall–Kier alpha value is -0.120. The van der Waals surface area contributed by atoms with Crippen LogP contribution >= 0.6 is 0 Å². The monoisotopic (exact) mass is 202 g/mol. The van der Waals surface area contributed by atoms with Crippen molar-refractivity contribution < 1.29 is 14.2 Å². The summed E-state index contributed by atoms with van der Waals surface area (Å²) in [6, 6.07) is 0. The lowest BCUT2D eigenvalue weighted by Crippen LogP contribution is -2.15. The molecule has 84 valence electrons. The van der Waals surface area contributed by atoms with Crippen molar-refractivity contribution in [2.45, 2.75) is 58.5 Å². The standard InChI is InChI=1S/C11H22O3/c1-3-5-6-7-8-10-9-13-11(14-10)12-4-2/h10-11H,3-9H2,1-2H3. The van der Waals surface area contributed by atoms with E-state index in [2.05, 4.69) is 6.92 Å². The summed E-state index contributed by atoms with van der Waals surface area (Å²) in [5.41, 5.74) is 0. The van der Waals surface area contributed by atoms with Crippen LogP contribution in [0.4, 0.5) is 0 Å². The van der Waals surface area contributed by atoms with Gasteiger partial charge in [0.25, 0.3) is 6.48 Å². The number of rotatable bonds is 7. The smallest absolute Gasteiger partial charge is 0.272 e. The molecule has 14 heavy (non-hydrogen) atoms. The molecule has 3 nitrogen and oxygen atoms in total. The zero-order valence-corrected chi connectivity index (χ0v) is 9.33. The lowest BCUT2D eigenvalue weighted by Gasteiger charge is -2.10. The van der Waals surface area contributed by atoms with Crippen molar-refractivity contribution in [2.75, 3.05) is 13.2 Å². The van der Waals surface area contributed by atoms with E-state index < -0.39 is 6.48 Å². The average Bonchev–Trinajstić information content (AvgIpc) is 2.61. The lowest BCUT2D eigenvalue weighted by atomic mass is 10.1. The normalized spacial score (nSPS) is 27.0. The van der Waals surface area contributed by atoms with Crippen molar-refractivity contribution in [1.82, 2.24) is 0 Å². The highest BCUT2D eigenvalue weighted by Gasteiger charge is 2.25. The second kappa shape index (κ2) is 7.21. The van der Waals surface area contributed by atoms with E-state index in [0.29, 0.717) is 13.2 Å². The molecule has 0 bridgehead atoms. The summed E-state index contributed by atoms with van der Waals surface area (Å²) < 4.78 is 16.1. The topological polar surface area (TPSA) is 27.7 Å². The Labute approximate surface area is 86.7 Å². The molecule has 0 N–H and O–H groups in total. The molecule has 0 saturated carbocycles. The van der Waals surface area contributed by atoms with E-state index in [1.807, 2.05) is 6.92 Å². The minimum atomic E-state index is -0.406. The summed E-state index contributed by atoms with van der Waals surface area (Å²) in [6.07, 6.45) is 6.50. The largest absolute Gasteiger partial charge is 0.330 e. The third kappa shape index (κ3) is 4.40. The Morgan fingerprint density at radius 1 is 1.21 bits per heavy atom. The molecule has 1 aliphatic rings. The molecule has 0 aromatic heterocycles. The molecule has 1 fully saturated rings. The van der Waals surface area contributed by atoms with Crippen molar-refractivity contribution in [2.24, 2.45) is 0 Å². The van der Waals surface area contributed by atoms with Gasteiger partial charge in [-0.3, -0.25) is 0 Å². The van der Waals surface area contributed by atoms with E-state index in [1.54, 1.807) is 0 Å². The predicted molar refractivity (Wildman–Crippen MR) is 55.0 cm³/mol. The number of unbranched alkanes of at least 4 members (excludes halogenated alkanes) is 3. The van der Waals surface area contributed by atoms with Crippen molar-refractivity contribution in [3.8, 4) is 0 Å². The van der Waals surface area contributed by atoms with Gasteiger partial charge in [0.2, 0.25) is 0 Å². The van der Waals surface area contributed by atoms with Gasteiger partial charge in [0, 0.05) is 6.61 Å². The zero-order valence-electron chi connectivity index (χ0n) is 9.33. The van der Waals surface area contributed by atoms with Crippen molar-refractivity contribution in [3.63, 3.8) is 0 Å². The Morgan fingerprint density at radius 2 is 2.07 bits per heavy atom. The first-order valence-electron chi connectivity index (χ1n) is 5.75. The fourth-order valence-corrected chi connectivity index (χ4v) is 1.60. The van der Waals surface area contributed by atoms with Crippen LogP contribution in [0.15, 0.2) is 0 Å². The lowest BCUT2D eigenvalue weighted by molar-refractivity contribution is -0.235. The van der Waals surface area contributed by atoms with Gasteiger partial charge in [-0.2, -0.15) is 0 Å². The van der Waals surface area contributed by atoms with Gasteiger partial charge in [0.15, 0.2) is 0 Å². The molecule has 0 radical (unpaired) electrons. The highest BCUT2D eigenvalue weighted by atomic mass is 16.9. The van der Waals surface area contributed by atoms with Crippen molar-refractivity contribution in [1.29, 1.82) is 0 Å². The van der Waals surface area contributed by atoms with Gasteiger partial charge in [0.05, 0.1) is 12.7 Å². The highest BCUT2D eigenvalue weighted by Crippen LogP contribution is 2.18. The molecule has 0 aromatic carbocycles. The second-order valence-corrected chi connectivity index (χ2v) is 3.68. The van der Waals surface area contributed by atoms with Crippen LogP contribution in [0.1, 0.15) is 46.0 Å². The Kier molecular flexibility index (Phi) is 6.15. The van der Waals surface area contributed by atoms with E-state index >= 15 is 0 Å². The quantitative estimate of drug-likeness (QED) is 0.594. The highest BCUT2D eigenvalue weighted by molar-refractivity contribution is 4.61. The summed E-state index contributed by atoms with van der Waals surface area (Å²) >= 11 is 0. The van der Waals surface area contributed by atoms with E-state index in [9.17, 15) is 0 Å². The maximum Gasteiger partial charge on any atom is 0.272 e. The maximum atomic E-state index is 5.54. The first-order valence-corrected chi connectivity index (χ1v) is 5.75. The first kappa shape index (κ1) is 12.0. The molecule has 1 aliphatic heterocycles. The molecule has 1 saturated heterocycles. The zero-order chi connectivity index (χ0) is 10.2. The minimum Gasteiger partial charge on any atom is -0.330 e. The van der Waals surface area contributed by atoms with Crippen LogP contribution in [-0.2, 0) is 14.2 Å². The average molecular weight is 202 g/mol. The second-order valence-electron chi connectivity index (χ2n) is 3.68. The van der Waals surface area contributed by atoms with E-state index in [1.165, 1.54) is 25.7 Å². The molecule has 3 heteroatoms. The summed E-state index contributed by atoms with van der Waals surface area (Å²) in [6.45, 7) is 5.10. The number of hydrogen-bond acceptors (Lipinski definition) is 3. The Bertz CT molecular complexity index is 138. The van der Waals surface area contributed by atoms with Crippen LogP contribution in [0.5, 0.6) is 0 Å². The molecular formula is C11H22O3. The summed E-state index contributed by atoms with van der Waals surface area (Å²) in [5.74, 6) is 0. The van der Waals surface area contributed by atoms with E-state index in [4.69, 9.17) is 14.2 Å². The number of hydrogen-bond donors (Lipinski definition) is 0. The Morgan fingerprint density at radius 3 is 2.79 bits per heavy atom. The maximum absolute atomic E-state index is 5.54. The third-order valence-corrected chi connectivity index (χ3v) is 2.40. The van der Waals surface area contributed by atoms with Gasteiger partial charge in [-0.15, -0.1) is 0 Å². The SMILES string of the molecule is CCCCCCC1COC(OCC)O1. The molecule has 1 heterocycles. The van der Waals surface area contributed by atoms with Gasteiger partial charge in [-0.25, -0.2) is 0 Å². The minimum absolute atomic E-state index is 0.253. The van der Waals surface area contributed by atoms with Gasteiger partial charge in [-0.05, 0) is 13.3 Å². The van der Waals surface area contributed by atoms with Crippen LogP contribution in [0.2, 0.25) is 0 Å².